The van der Waals surface area contributed by atoms with Gasteiger partial charge in [0.05, 0.1) is 18.8 Å². The van der Waals surface area contributed by atoms with Gasteiger partial charge in [0.15, 0.2) is 0 Å². The first-order valence-corrected chi connectivity index (χ1v) is 6.88. The Bertz CT molecular complexity index is 691. The molecule has 2 aromatic rings. The monoisotopic (exact) mass is 332 g/mol. The summed E-state index contributed by atoms with van der Waals surface area (Å²) in [5, 5.41) is 0.587. The predicted molar refractivity (Wildman–Crippen MR) is 75.4 cm³/mol. The van der Waals surface area contributed by atoms with Crippen molar-refractivity contribution in [3.8, 4) is 11.1 Å². The van der Waals surface area contributed by atoms with Crippen molar-refractivity contribution in [3.05, 3.63) is 57.1 Å². The fourth-order valence-corrected chi connectivity index (χ4v) is 3.04. The lowest BCUT2D eigenvalue weighted by Crippen LogP contribution is -2.09. The third-order valence-corrected chi connectivity index (χ3v) is 3.81. The number of alkyl halides is 3. The predicted octanol–water partition coefficient (Wildman–Crippen LogP) is 5.71. The van der Waals surface area contributed by atoms with E-state index in [0.29, 0.717) is 27.8 Å². The fourth-order valence-electron chi connectivity index (χ4n) is 2.52. The SMILES string of the molecule is FC(F)(F)c1ccc2c(c1-c1cc(Cl)cc(Cl)c1)COC2. The molecule has 0 N–H and O–H groups in total. The number of fused-ring (bicyclic) bond motifs is 1. The Balaban J connectivity index is 2.31. The molecule has 1 aliphatic rings. The number of benzene rings is 2. The highest BCUT2D eigenvalue weighted by Gasteiger charge is 2.36. The highest BCUT2D eigenvalue weighted by atomic mass is 35.5. The summed E-state index contributed by atoms with van der Waals surface area (Å²) in [5.74, 6) is 0. The lowest BCUT2D eigenvalue weighted by molar-refractivity contribution is -0.137. The standard InChI is InChI=1S/C15H9Cl2F3O/c16-10-3-9(4-11(17)5-10)14-12-7-21-6-8(12)1-2-13(14)15(18,19)20/h1-5H,6-7H2. The number of rotatable bonds is 1. The minimum Gasteiger partial charge on any atom is -0.372 e. The molecule has 0 radical (unpaired) electrons. The Morgan fingerprint density at radius 3 is 2.24 bits per heavy atom. The fraction of sp³-hybridized carbons (Fsp3) is 0.200. The number of hydrogen-bond acceptors (Lipinski definition) is 1. The van der Waals surface area contributed by atoms with Gasteiger partial charge in [-0.25, -0.2) is 0 Å². The maximum absolute atomic E-state index is 13.3. The molecular weight excluding hydrogens is 324 g/mol. The van der Waals surface area contributed by atoms with E-state index < -0.39 is 11.7 Å². The van der Waals surface area contributed by atoms with E-state index in [2.05, 4.69) is 0 Å². The number of halogens is 5. The van der Waals surface area contributed by atoms with Crippen LogP contribution in [0, 0.1) is 0 Å². The molecule has 21 heavy (non-hydrogen) atoms. The van der Waals surface area contributed by atoms with E-state index in [1.807, 2.05) is 0 Å². The van der Waals surface area contributed by atoms with E-state index in [0.717, 1.165) is 11.6 Å². The van der Waals surface area contributed by atoms with Gasteiger partial charge in [0.1, 0.15) is 0 Å². The van der Waals surface area contributed by atoms with Gasteiger partial charge in [-0.05, 0) is 46.5 Å². The molecular formula is C15H9Cl2F3O. The molecule has 110 valence electrons. The van der Waals surface area contributed by atoms with Crippen molar-refractivity contribution < 1.29 is 17.9 Å². The first-order chi connectivity index (χ1) is 9.86. The molecule has 0 aliphatic carbocycles. The lowest BCUT2D eigenvalue weighted by Gasteiger charge is -2.17. The number of ether oxygens (including phenoxy) is 1. The zero-order valence-corrected chi connectivity index (χ0v) is 12.1. The molecule has 1 nitrogen and oxygen atoms in total. The summed E-state index contributed by atoms with van der Waals surface area (Å²) < 4.78 is 45.2. The van der Waals surface area contributed by atoms with Crippen molar-refractivity contribution in [1.82, 2.24) is 0 Å². The van der Waals surface area contributed by atoms with Crippen LogP contribution >= 0.6 is 23.2 Å². The Labute approximate surface area is 129 Å². The molecule has 3 rings (SSSR count). The Morgan fingerprint density at radius 1 is 0.952 bits per heavy atom. The van der Waals surface area contributed by atoms with Gasteiger partial charge in [0, 0.05) is 10.0 Å². The zero-order valence-electron chi connectivity index (χ0n) is 10.6. The molecule has 0 amide bonds. The van der Waals surface area contributed by atoms with Crippen LogP contribution in [0.15, 0.2) is 30.3 Å². The summed E-state index contributed by atoms with van der Waals surface area (Å²) in [6.45, 7) is 0.466. The van der Waals surface area contributed by atoms with Crippen molar-refractivity contribution in [1.29, 1.82) is 0 Å². The topological polar surface area (TPSA) is 9.23 Å². The average Bonchev–Trinajstić information content (AvgIpc) is 2.83. The maximum atomic E-state index is 13.3. The first-order valence-electron chi connectivity index (χ1n) is 6.12. The van der Waals surface area contributed by atoms with Crippen LogP contribution in [0.2, 0.25) is 10.0 Å². The summed E-state index contributed by atoms with van der Waals surface area (Å²) in [7, 11) is 0. The minimum absolute atomic E-state index is 0.0990. The molecule has 0 atom stereocenters. The summed E-state index contributed by atoms with van der Waals surface area (Å²) in [5.41, 5.74) is 1.05. The Kier molecular flexibility index (Phi) is 3.64. The van der Waals surface area contributed by atoms with Crippen LogP contribution in [-0.2, 0) is 24.1 Å². The molecule has 2 aromatic carbocycles. The van der Waals surface area contributed by atoms with Crippen molar-refractivity contribution in [2.24, 2.45) is 0 Å². The van der Waals surface area contributed by atoms with E-state index in [9.17, 15) is 13.2 Å². The quantitative estimate of drug-likeness (QED) is 0.649. The lowest BCUT2D eigenvalue weighted by atomic mass is 9.92. The van der Waals surface area contributed by atoms with E-state index in [4.69, 9.17) is 27.9 Å². The average molecular weight is 333 g/mol. The van der Waals surface area contributed by atoms with E-state index in [-0.39, 0.29) is 12.2 Å². The summed E-state index contributed by atoms with van der Waals surface area (Å²) in [6, 6.07) is 6.99. The van der Waals surface area contributed by atoms with Crippen molar-refractivity contribution in [2.45, 2.75) is 19.4 Å². The van der Waals surface area contributed by atoms with Crippen LogP contribution in [0.3, 0.4) is 0 Å². The van der Waals surface area contributed by atoms with Crippen LogP contribution in [0.4, 0.5) is 13.2 Å². The second kappa shape index (κ2) is 5.20. The van der Waals surface area contributed by atoms with E-state index in [1.165, 1.54) is 24.3 Å². The van der Waals surface area contributed by atoms with Crippen LogP contribution in [0.25, 0.3) is 11.1 Å². The molecule has 0 aromatic heterocycles. The van der Waals surface area contributed by atoms with Gasteiger partial charge in [0.25, 0.3) is 0 Å². The molecule has 0 fully saturated rings. The summed E-state index contributed by atoms with van der Waals surface area (Å²) in [6.07, 6.45) is -4.46. The second-order valence-corrected chi connectivity index (χ2v) is 5.65. The van der Waals surface area contributed by atoms with Gasteiger partial charge < -0.3 is 4.74 Å². The first kappa shape index (κ1) is 14.7. The van der Waals surface area contributed by atoms with Gasteiger partial charge in [0.2, 0.25) is 0 Å². The van der Waals surface area contributed by atoms with E-state index in [1.54, 1.807) is 0 Å². The van der Waals surface area contributed by atoms with Crippen molar-refractivity contribution in [2.75, 3.05) is 0 Å². The molecule has 1 heterocycles. The van der Waals surface area contributed by atoms with Crippen LogP contribution < -0.4 is 0 Å². The van der Waals surface area contributed by atoms with Crippen LogP contribution in [0.1, 0.15) is 16.7 Å². The molecule has 1 aliphatic heterocycles. The van der Waals surface area contributed by atoms with Crippen molar-refractivity contribution in [3.63, 3.8) is 0 Å². The maximum Gasteiger partial charge on any atom is 0.417 e. The Hall–Kier alpha value is -1.23. The molecule has 0 bridgehead atoms. The molecule has 6 heteroatoms. The van der Waals surface area contributed by atoms with Crippen LogP contribution in [0.5, 0.6) is 0 Å². The molecule has 0 saturated carbocycles. The van der Waals surface area contributed by atoms with Gasteiger partial charge in [-0.1, -0.05) is 29.3 Å². The normalized spacial score (nSPS) is 14.3. The van der Waals surface area contributed by atoms with Gasteiger partial charge >= 0.3 is 6.18 Å². The van der Waals surface area contributed by atoms with Crippen LogP contribution in [-0.4, -0.2) is 0 Å². The molecule has 0 spiro atoms. The van der Waals surface area contributed by atoms with Crippen molar-refractivity contribution >= 4 is 23.2 Å². The number of hydrogen-bond donors (Lipinski definition) is 0. The van der Waals surface area contributed by atoms with Gasteiger partial charge in [-0.3, -0.25) is 0 Å². The van der Waals surface area contributed by atoms with E-state index >= 15 is 0 Å². The minimum atomic E-state index is -4.46. The zero-order chi connectivity index (χ0) is 15.2. The second-order valence-electron chi connectivity index (χ2n) is 4.77. The summed E-state index contributed by atoms with van der Waals surface area (Å²) in [4.78, 5) is 0. The van der Waals surface area contributed by atoms with Gasteiger partial charge in [-0.15, -0.1) is 0 Å². The largest absolute Gasteiger partial charge is 0.417 e. The molecule has 0 unspecified atom stereocenters. The summed E-state index contributed by atoms with van der Waals surface area (Å²) >= 11 is 11.8. The highest BCUT2D eigenvalue weighted by Crippen LogP contribution is 2.43. The highest BCUT2D eigenvalue weighted by molar-refractivity contribution is 6.35. The molecule has 0 saturated heterocycles. The third kappa shape index (κ3) is 2.76. The third-order valence-electron chi connectivity index (χ3n) is 3.37. The Morgan fingerprint density at radius 2 is 1.62 bits per heavy atom. The van der Waals surface area contributed by atoms with Gasteiger partial charge in [-0.2, -0.15) is 13.2 Å². The smallest absolute Gasteiger partial charge is 0.372 e.